The molecule has 0 spiro atoms. The number of nitrogens with one attached hydrogen (secondary N) is 1. The molecule has 1 atom stereocenters. The molecule has 1 aliphatic heterocycles. The number of rotatable bonds is 4. The van der Waals surface area contributed by atoms with E-state index in [0.717, 1.165) is 0 Å². The number of benzene rings is 2. The third kappa shape index (κ3) is 3.37. The van der Waals surface area contributed by atoms with Crippen LogP contribution in [0.2, 0.25) is 0 Å². The predicted molar refractivity (Wildman–Crippen MR) is 103 cm³/mol. The van der Waals surface area contributed by atoms with Crippen molar-refractivity contribution in [2.75, 3.05) is 25.5 Å². The van der Waals surface area contributed by atoms with Gasteiger partial charge < -0.3 is 15.1 Å². The molecule has 2 aromatic rings. The molecular weight excluding hydrogens is 416 g/mol. The molecule has 0 aromatic heterocycles. The van der Waals surface area contributed by atoms with Crippen LogP contribution < -0.4 is 10.2 Å². The van der Waals surface area contributed by atoms with E-state index in [1.807, 2.05) is 0 Å². The second kappa shape index (κ2) is 7.36. The van der Waals surface area contributed by atoms with E-state index < -0.39 is 11.1 Å². The molecule has 0 aliphatic carbocycles. The number of carbonyl (C=O) groups is 2. The zero-order chi connectivity index (χ0) is 19.7. The summed E-state index contributed by atoms with van der Waals surface area (Å²) in [5.74, 6) is -0.446. The summed E-state index contributed by atoms with van der Waals surface area (Å²) in [6.07, 6.45) is -0.656. The van der Waals surface area contributed by atoms with Crippen molar-refractivity contribution in [3.63, 3.8) is 0 Å². The number of anilines is 1. The number of hydrogen-bond acceptors (Lipinski definition) is 5. The van der Waals surface area contributed by atoms with Gasteiger partial charge in [-0.3, -0.25) is 19.7 Å². The van der Waals surface area contributed by atoms with Gasteiger partial charge in [0, 0.05) is 25.7 Å². The monoisotopic (exact) mass is 432 g/mol. The summed E-state index contributed by atoms with van der Waals surface area (Å²) in [4.78, 5) is 39.0. The van der Waals surface area contributed by atoms with Gasteiger partial charge in [-0.1, -0.05) is 18.2 Å². The average Bonchev–Trinajstić information content (AvgIpc) is 2.66. The Hall–Kier alpha value is -2.94. The van der Waals surface area contributed by atoms with Crippen molar-refractivity contribution in [1.29, 1.82) is 0 Å². The van der Waals surface area contributed by atoms with Crippen molar-refractivity contribution in [3.05, 3.63) is 68.2 Å². The van der Waals surface area contributed by atoms with Gasteiger partial charge in [0.25, 0.3) is 11.6 Å². The fourth-order valence-electron chi connectivity index (χ4n) is 3.19. The van der Waals surface area contributed by atoms with Crippen molar-refractivity contribution in [1.82, 2.24) is 10.2 Å². The number of likely N-dealkylation sites (N-methyl/N-ethyl adjacent to an activating group) is 1. The van der Waals surface area contributed by atoms with Crippen molar-refractivity contribution in [2.45, 2.75) is 6.17 Å². The number of halogens is 1. The van der Waals surface area contributed by atoms with Gasteiger partial charge in [-0.2, -0.15) is 0 Å². The molecule has 0 bridgehead atoms. The van der Waals surface area contributed by atoms with E-state index in [9.17, 15) is 19.7 Å². The molecule has 0 fully saturated rings. The highest BCUT2D eigenvalue weighted by atomic mass is 79.9. The van der Waals surface area contributed by atoms with Gasteiger partial charge in [0.15, 0.2) is 0 Å². The van der Waals surface area contributed by atoms with Crippen LogP contribution in [0.3, 0.4) is 0 Å². The van der Waals surface area contributed by atoms with Crippen LogP contribution in [-0.4, -0.2) is 42.3 Å². The minimum Gasteiger partial charge on any atom is -0.358 e. The normalized spacial score (nSPS) is 16.1. The van der Waals surface area contributed by atoms with E-state index in [1.54, 1.807) is 48.3 Å². The molecular formula is C18H17BrN4O4. The lowest BCUT2D eigenvalue weighted by atomic mass is 10.0. The minimum absolute atomic E-state index is 0.000336. The molecule has 140 valence electrons. The molecule has 2 amide bonds. The first kappa shape index (κ1) is 18.8. The molecule has 2 aromatic carbocycles. The molecule has 1 unspecified atom stereocenters. The number of carbonyl (C=O) groups excluding carboxylic acids is 2. The van der Waals surface area contributed by atoms with E-state index >= 15 is 0 Å². The predicted octanol–water partition coefficient (Wildman–Crippen LogP) is 2.69. The molecule has 8 nitrogen and oxygen atoms in total. The summed E-state index contributed by atoms with van der Waals surface area (Å²) < 4.78 is 0.347. The summed E-state index contributed by atoms with van der Waals surface area (Å²) in [5.41, 5.74) is 1.53. The topological polar surface area (TPSA) is 95.8 Å². The Morgan fingerprint density at radius 2 is 2.00 bits per heavy atom. The van der Waals surface area contributed by atoms with Crippen molar-refractivity contribution >= 4 is 39.1 Å². The Labute approximate surface area is 164 Å². The molecule has 0 saturated carbocycles. The minimum atomic E-state index is -0.656. The number of nitro groups is 1. The third-order valence-corrected chi connectivity index (χ3v) is 5.15. The highest BCUT2D eigenvalue weighted by Crippen LogP contribution is 2.39. The molecule has 1 N–H and O–H groups in total. The summed E-state index contributed by atoms with van der Waals surface area (Å²) >= 11 is 3.17. The number of nitro benzene ring substituents is 1. The summed E-state index contributed by atoms with van der Waals surface area (Å²) in [6.45, 7) is -0.000336. The Bertz CT molecular complexity index is 933. The zero-order valence-electron chi connectivity index (χ0n) is 14.7. The molecule has 3 rings (SSSR count). The number of nitrogens with zero attached hydrogens (tertiary/aromatic N) is 3. The number of hydrogen-bond donors (Lipinski definition) is 1. The first-order valence-electron chi connectivity index (χ1n) is 8.12. The molecule has 0 saturated heterocycles. The summed E-state index contributed by atoms with van der Waals surface area (Å²) in [5, 5.41) is 13.9. The van der Waals surface area contributed by atoms with E-state index in [-0.39, 0.29) is 24.0 Å². The van der Waals surface area contributed by atoms with E-state index in [2.05, 4.69) is 21.2 Å². The van der Waals surface area contributed by atoms with Crippen molar-refractivity contribution in [2.24, 2.45) is 0 Å². The largest absolute Gasteiger partial charge is 0.358 e. The molecule has 0 radical (unpaired) electrons. The highest BCUT2D eigenvalue weighted by Gasteiger charge is 2.37. The number of amides is 2. The van der Waals surface area contributed by atoms with Crippen LogP contribution >= 0.6 is 15.9 Å². The average molecular weight is 433 g/mol. The second-order valence-corrected chi connectivity index (χ2v) is 6.93. The van der Waals surface area contributed by atoms with E-state index in [1.165, 1.54) is 18.0 Å². The Morgan fingerprint density at radius 3 is 2.67 bits per heavy atom. The van der Waals surface area contributed by atoms with E-state index in [0.29, 0.717) is 21.3 Å². The number of para-hydroxylation sites is 1. The first-order valence-corrected chi connectivity index (χ1v) is 8.91. The van der Waals surface area contributed by atoms with Crippen molar-refractivity contribution in [3.8, 4) is 0 Å². The maximum Gasteiger partial charge on any atom is 0.283 e. The SMILES string of the molecule is CNC(=O)CN1c2ccccc2C(=O)N(C)C1c1ccc(Br)c([N+](=O)[O-])c1. The van der Waals surface area contributed by atoms with Crippen LogP contribution in [0.15, 0.2) is 46.9 Å². The van der Waals surface area contributed by atoms with Crippen LogP contribution in [0.5, 0.6) is 0 Å². The number of fused-ring (bicyclic) bond motifs is 1. The Morgan fingerprint density at radius 1 is 1.30 bits per heavy atom. The molecule has 9 heteroatoms. The fraction of sp³-hybridized carbons (Fsp3) is 0.222. The first-order chi connectivity index (χ1) is 12.8. The van der Waals surface area contributed by atoms with Crippen LogP contribution in [0.4, 0.5) is 11.4 Å². The standard InChI is InChI=1S/C18H17BrN4O4/c1-20-16(24)10-22-14-6-4-3-5-12(14)18(25)21(2)17(22)11-7-8-13(19)15(9-11)23(26)27/h3-9,17H,10H2,1-2H3,(H,20,24). The van der Waals surface area contributed by atoms with Gasteiger partial charge in [0.05, 0.1) is 27.2 Å². The van der Waals surface area contributed by atoms with Gasteiger partial charge in [0.1, 0.15) is 6.17 Å². The maximum absolute atomic E-state index is 12.8. The van der Waals surface area contributed by atoms with Crippen LogP contribution in [-0.2, 0) is 4.79 Å². The van der Waals surface area contributed by atoms with Crippen LogP contribution in [0.25, 0.3) is 0 Å². The quantitative estimate of drug-likeness (QED) is 0.591. The lowest BCUT2D eigenvalue weighted by Gasteiger charge is -2.43. The lowest BCUT2D eigenvalue weighted by molar-refractivity contribution is -0.385. The molecule has 27 heavy (non-hydrogen) atoms. The summed E-state index contributed by atoms with van der Waals surface area (Å²) in [6, 6.07) is 11.7. The Kier molecular flexibility index (Phi) is 5.13. The Balaban J connectivity index is 2.17. The maximum atomic E-state index is 12.8. The van der Waals surface area contributed by atoms with Gasteiger partial charge >= 0.3 is 0 Å². The molecule has 1 aliphatic rings. The summed E-state index contributed by atoms with van der Waals surface area (Å²) in [7, 11) is 3.15. The second-order valence-electron chi connectivity index (χ2n) is 6.08. The van der Waals surface area contributed by atoms with Crippen LogP contribution in [0.1, 0.15) is 22.1 Å². The molecule has 1 heterocycles. The van der Waals surface area contributed by atoms with Gasteiger partial charge in [-0.25, -0.2) is 0 Å². The van der Waals surface area contributed by atoms with Gasteiger partial charge in [-0.15, -0.1) is 0 Å². The lowest BCUT2D eigenvalue weighted by Crippen LogP contribution is -2.50. The fourth-order valence-corrected chi connectivity index (χ4v) is 3.58. The van der Waals surface area contributed by atoms with Crippen LogP contribution in [0, 0.1) is 10.1 Å². The smallest absolute Gasteiger partial charge is 0.283 e. The van der Waals surface area contributed by atoms with Gasteiger partial charge in [-0.05, 0) is 34.1 Å². The zero-order valence-corrected chi connectivity index (χ0v) is 16.3. The van der Waals surface area contributed by atoms with Gasteiger partial charge in [0.2, 0.25) is 5.91 Å². The van der Waals surface area contributed by atoms with E-state index in [4.69, 9.17) is 0 Å². The third-order valence-electron chi connectivity index (χ3n) is 4.48. The van der Waals surface area contributed by atoms with Crippen molar-refractivity contribution < 1.29 is 14.5 Å². The highest BCUT2D eigenvalue weighted by molar-refractivity contribution is 9.10.